The highest BCUT2D eigenvalue weighted by molar-refractivity contribution is 9.09. The van der Waals surface area contributed by atoms with Crippen LogP contribution in [0.4, 0.5) is 0 Å². The number of amides is 1. The van der Waals surface area contributed by atoms with E-state index in [1.165, 1.54) is 11.1 Å². The van der Waals surface area contributed by atoms with E-state index in [4.69, 9.17) is 0 Å². The lowest BCUT2D eigenvalue weighted by Gasteiger charge is -2.29. The maximum absolute atomic E-state index is 12.6. The normalized spacial score (nSPS) is 17.9. The average molecular weight is 324 g/mol. The first-order valence-electron chi connectivity index (χ1n) is 7.17. The lowest BCUT2D eigenvalue weighted by Crippen LogP contribution is -2.39. The standard InChI is InChI=1S/C16H22BrNO/c1-2-18(11-5-10-17)16(19)15-9-8-13-6-3-4-7-14(13)12-15/h3-4,6-7,15H,2,5,8-12H2,1H3. The number of benzene rings is 1. The predicted molar refractivity (Wildman–Crippen MR) is 82.6 cm³/mol. The summed E-state index contributed by atoms with van der Waals surface area (Å²) in [5.74, 6) is 0.531. The highest BCUT2D eigenvalue weighted by Gasteiger charge is 2.27. The maximum Gasteiger partial charge on any atom is 0.226 e. The minimum absolute atomic E-state index is 0.185. The van der Waals surface area contributed by atoms with Crippen molar-refractivity contribution in [3.8, 4) is 0 Å². The van der Waals surface area contributed by atoms with E-state index < -0.39 is 0 Å². The SMILES string of the molecule is CCN(CCCBr)C(=O)C1CCc2ccccc2C1. The molecule has 1 aliphatic carbocycles. The van der Waals surface area contributed by atoms with Crippen LogP contribution in [0.15, 0.2) is 24.3 Å². The maximum atomic E-state index is 12.6. The molecule has 1 aromatic carbocycles. The summed E-state index contributed by atoms with van der Waals surface area (Å²) in [4.78, 5) is 14.6. The van der Waals surface area contributed by atoms with Crippen molar-refractivity contribution >= 4 is 21.8 Å². The first-order chi connectivity index (χ1) is 9.26. The van der Waals surface area contributed by atoms with Crippen molar-refractivity contribution in [1.29, 1.82) is 0 Å². The van der Waals surface area contributed by atoms with E-state index in [1.54, 1.807) is 0 Å². The Morgan fingerprint density at radius 2 is 2.11 bits per heavy atom. The molecular weight excluding hydrogens is 302 g/mol. The summed E-state index contributed by atoms with van der Waals surface area (Å²) < 4.78 is 0. The molecule has 3 heteroatoms. The number of rotatable bonds is 5. The number of carbonyl (C=O) groups excluding carboxylic acids is 1. The van der Waals surface area contributed by atoms with Gasteiger partial charge in [0.05, 0.1) is 0 Å². The summed E-state index contributed by atoms with van der Waals surface area (Å²) in [7, 11) is 0. The minimum Gasteiger partial charge on any atom is -0.343 e. The van der Waals surface area contributed by atoms with Gasteiger partial charge >= 0.3 is 0 Å². The summed E-state index contributed by atoms with van der Waals surface area (Å²) in [6.45, 7) is 3.77. The van der Waals surface area contributed by atoms with Crippen LogP contribution in [0.3, 0.4) is 0 Å². The molecule has 104 valence electrons. The number of alkyl halides is 1. The van der Waals surface area contributed by atoms with Gasteiger partial charge in [0.15, 0.2) is 0 Å². The van der Waals surface area contributed by atoms with Crippen LogP contribution in [0.2, 0.25) is 0 Å². The zero-order chi connectivity index (χ0) is 13.7. The van der Waals surface area contributed by atoms with Gasteiger partial charge < -0.3 is 4.90 Å². The van der Waals surface area contributed by atoms with Gasteiger partial charge in [-0.2, -0.15) is 0 Å². The van der Waals surface area contributed by atoms with Gasteiger partial charge in [-0.15, -0.1) is 0 Å². The summed E-state index contributed by atoms with van der Waals surface area (Å²) >= 11 is 3.44. The average Bonchev–Trinajstić information content (AvgIpc) is 2.47. The molecular formula is C16H22BrNO. The molecule has 1 atom stereocenters. The van der Waals surface area contributed by atoms with Gasteiger partial charge in [-0.3, -0.25) is 4.79 Å². The molecule has 19 heavy (non-hydrogen) atoms. The van der Waals surface area contributed by atoms with Crippen molar-refractivity contribution in [2.75, 3.05) is 18.4 Å². The van der Waals surface area contributed by atoms with Crippen molar-refractivity contribution in [2.45, 2.75) is 32.6 Å². The highest BCUT2D eigenvalue weighted by Crippen LogP contribution is 2.26. The number of nitrogens with zero attached hydrogens (tertiary/aromatic N) is 1. The van der Waals surface area contributed by atoms with Crippen LogP contribution in [0.25, 0.3) is 0 Å². The smallest absolute Gasteiger partial charge is 0.226 e. The third-order valence-electron chi connectivity index (χ3n) is 3.95. The quantitative estimate of drug-likeness (QED) is 0.760. The van der Waals surface area contributed by atoms with Crippen molar-refractivity contribution in [3.05, 3.63) is 35.4 Å². The van der Waals surface area contributed by atoms with Crippen LogP contribution in [0, 0.1) is 5.92 Å². The fraction of sp³-hybridized carbons (Fsp3) is 0.562. The second kappa shape index (κ2) is 7.09. The molecule has 0 radical (unpaired) electrons. The van der Waals surface area contributed by atoms with Crippen molar-refractivity contribution in [2.24, 2.45) is 5.92 Å². The zero-order valence-corrected chi connectivity index (χ0v) is 13.2. The lowest BCUT2D eigenvalue weighted by molar-refractivity contribution is -0.135. The number of hydrogen-bond acceptors (Lipinski definition) is 1. The van der Waals surface area contributed by atoms with Gasteiger partial charge in [-0.05, 0) is 43.7 Å². The van der Waals surface area contributed by atoms with Crippen LogP contribution in [-0.2, 0) is 17.6 Å². The first-order valence-corrected chi connectivity index (χ1v) is 8.30. The minimum atomic E-state index is 0.185. The molecule has 0 saturated carbocycles. The van der Waals surface area contributed by atoms with E-state index in [0.717, 1.165) is 44.1 Å². The molecule has 0 aliphatic heterocycles. The Kier molecular flexibility index (Phi) is 5.44. The molecule has 0 heterocycles. The molecule has 1 aliphatic rings. The second-order valence-corrected chi connectivity index (χ2v) is 5.96. The van der Waals surface area contributed by atoms with Crippen LogP contribution in [0.5, 0.6) is 0 Å². The number of fused-ring (bicyclic) bond motifs is 1. The van der Waals surface area contributed by atoms with Crippen LogP contribution in [-0.4, -0.2) is 29.2 Å². The molecule has 2 nitrogen and oxygen atoms in total. The van der Waals surface area contributed by atoms with E-state index in [2.05, 4.69) is 47.1 Å². The van der Waals surface area contributed by atoms with Crippen molar-refractivity contribution < 1.29 is 4.79 Å². The molecule has 0 bridgehead atoms. The number of hydrogen-bond donors (Lipinski definition) is 0. The monoisotopic (exact) mass is 323 g/mol. The number of carbonyl (C=O) groups is 1. The third-order valence-corrected chi connectivity index (χ3v) is 4.51. The van der Waals surface area contributed by atoms with Gasteiger partial charge in [-0.25, -0.2) is 0 Å². The van der Waals surface area contributed by atoms with Gasteiger partial charge in [0.2, 0.25) is 5.91 Å². The summed E-state index contributed by atoms with van der Waals surface area (Å²) in [5.41, 5.74) is 2.79. The van der Waals surface area contributed by atoms with Crippen LogP contribution in [0.1, 0.15) is 30.9 Å². The Morgan fingerprint density at radius 3 is 2.79 bits per heavy atom. The predicted octanol–water partition coefficient (Wildman–Crippen LogP) is 3.43. The van der Waals surface area contributed by atoms with Gasteiger partial charge in [0.1, 0.15) is 0 Å². The molecule has 0 spiro atoms. The second-order valence-electron chi connectivity index (χ2n) is 5.17. The van der Waals surface area contributed by atoms with E-state index in [9.17, 15) is 4.79 Å². The molecule has 1 aromatic rings. The van der Waals surface area contributed by atoms with E-state index in [1.807, 2.05) is 4.90 Å². The van der Waals surface area contributed by atoms with Crippen molar-refractivity contribution in [3.63, 3.8) is 0 Å². The lowest BCUT2D eigenvalue weighted by atomic mass is 9.83. The van der Waals surface area contributed by atoms with E-state index in [0.29, 0.717) is 5.91 Å². The molecule has 0 N–H and O–H groups in total. The topological polar surface area (TPSA) is 20.3 Å². The molecule has 0 aromatic heterocycles. The molecule has 2 rings (SSSR count). The molecule has 1 unspecified atom stereocenters. The largest absolute Gasteiger partial charge is 0.343 e. The number of aryl methyl sites for hydroxylation is 1. The zero-order valence-electron chi connectivity index (χ0n) is 11.6. The van der Waals surface area contributed by atoms with Gasteiger partial charge in [0, 0.05) is 24.3 Å². The van der Waals surface area contributed by atoms with E-state index >= 15 is 0 Å². The Morgan fingerprint density at radius 1 is 1.37 bits per heavy atom. The summed E-state index contributed by atoms with van der Waals surface area (Å²) in [5, 5.41) is 0.963. The fourth-order valence-electron chi connectivity index (χ4n) is 2.84. The molecule has 0 fully saturated rings. The summed E-state index contributed by atoms with van der Waals surface area (Å²) in [6.07, 6.45) is 3.99. The Bertz CT molecular complexity index is 433. The fourth-order valence-corrected chi connectivity index (χ4v) is 3.09. The van der Waals surface area contributed by atoms with Crippen LogP contribution >= 0.6 is 15.9 Å². The van der Waals surface area contributed by atoms with Gasteiger partial charge in [0.25, 0.3) is 0 Å². The Hall–Kier alpha value is -0.830. The molecule has 1 amide bonds. The first kappa shape index (κ1) is 14.6. The Balaban J connectivity index is 2.01. The Labute approximate surface area is 124 Å². The van der Waals surface area contributed by atoms with E-state index in [-0.39, 0.29) is 5.92 Å². The molecule has 0 saturated heterocycles. The number of halogens is 1. The van der Waals surface area contributed by atoms with Crippen LogP contribution < -0.4 is 0 Å². The van der Waals surface area contributed by atoms with Gasteiger partial charge in [-0.1, -0.05) is 40.2 Å². The highest BCUT2D eigenvalue weighted by atomic mass is 79.9. The third kappa shape index (κ3) is 3.59. The van der Waals surface area contributed by atoms with Crippen molar-refractivity contribution in [1.82, 2.24) is 4.90 Å². The summed E-state index contributed by atoms with van der Waals surface area (Å²) in [6, 6.07) is 8.53.